The Kier molecular flexibility index (Phi) is 6.01. The van der Waals surface area contributed by atoms with Crippen molar-refractivity contribution in [2.75, 3.05) is 5.32 Å². The zero-order valence-electron chi connectivity index (χ0n) is 14.8. The monoisotopic (exact) mass is 443 g/mol. The van der Waals surface area contributed by atoms with Crippen molar-refractivity contribution < 1.29 is 31.1 Å². The molecular weight excluding hydrogens is 432 g/mol. The minimum atomic E-state index is -4.64. The lowest BCUT2D eigenvalue weighted by atomic mass is 10.1. The molecule has 1 N–H and O–H groups in total. The van der Waals surface area contributed by atoms with E-state index in [-0.39, 0.29) is 16.4 Å². The molecule has 3 rings (SSSR count). The van der Waals surface area contributed by atoms with Crippen molar-refractivity contribution in [3.63, 3.8) is 0 Å². The van der Waals surface area contributed by atoms with E-state index in [2.05, 4.69) is 15.3 Å². The van der Waals surface area contributed by atoms with E-state index in [1.54, 1.807) is 12.1 Å². The fraction of sp³-hybridized carbons (Fsp3) is 0.105. The molecule has 1 amide bonds. The number of aromatic nitrogens is 2. The van der Waals surface area contributed by atoms with Crippen molar-refractivity contribution in [2.45, 2.75) is 22.4 Å². The molecule has 1 heterocycles. The summed E-state index contributed by atoms with van der Waals surface area (Å²) in [7, 11) is 0. The van der Waals surface area contributed by atoms with E-state index < -0.39 is 29.5 Å². The molecule has 0 aliphatic heterocycles. The second-order valence-corrected chi connectivity index (χ2v) is 6.86. The van der Waals surface area contributed by atoms with Crippen molar-refractivity contribution in [1.29, 1.82) is 0 Å². The third kappa shape index (κ3) is 5.29. The van der Waals surface area contributed by atoms with Crippen LogP contribution in [0.15, 0.2) is 70.8 Å². The topological polar surface area (TPSA) is 54.9 Å². The Morgan fingerprint density at radius 3 is 2.33 bits per heavy atom. The fourth-order valence-corrected chi connectivity index (χ4v) is 3.17. The third-order valence-corrected chi connectivity index (χ3v) is 4.67. The summed E-state index contributed by atoms with van der Waals surface area (Å²) in [6.07, 6.45) is -8.29. The largest absolute Gasteiger partial charge is 0.433 e. The Bertz CT molecular complexity index is 1070. The quantitative estimate of drug-likeness (QED) is 0.402. The van der Waals surface area contributed by atoms with E-state index >= 15 is 0 Å². The number of alkyl halides is 6. The predicted molar refractivity (Wildman–Crippen MR) is 97.0 cm³/mol. The molecule has 30 heavy (non-hydrogen) atoms. The summed E-state index contributed by atoms with van der Waals surface area (Å²) < 4.78 is 77.0. The first-order valence-corrected chi connectivity index (χ1v) is 9.01. The summed E-state index contributed by atoms with van der Waals surface area (Å²) in [6.45, 7) is 0. The smallest absolute Gasteiger partial charge is 0.321 e. The van der Waals surface area contributed by atoms with Gasteiger partial charge in [0.25, 0.3) is 5.91 Å². The van der Waals surface area contributed by atoms with E-state index in [1.807, 2.05) is 0 Å². The first-order valence-electron chi connectivity index (χ1n) is 8.20. The van der Waals surface area contributed by atoms with Gasteiger partial charge in [-0.15, -0.1) is 0 Å². The highest BCUT2D eigenvalue weighted by atomic mass is 32.2. The van der Waals surface area contributed by atoms with Gasteiger partial charge in [0.05, 0.1) is 11.3 Å². The Hall–Kier alpha value is -3.08. The number of hydrogen-bond donors (Lipinski definition) is 1. The number of benzene rings is 2. The Morgan fingerprint density at radius 1 is 0.900 bits per heavy atom. The Morgan fingerprint density at radius 2 is 1.63 bits per heavy atom. The number of anilines is 1. The van der Waals surface area contributed by atoms with Gasteiger partial charge in [-0.05, 0) is 48.2 Å². The van der Waals surface area contributed by atoms with Crippen LogP contribution in [0.3, 0.4) is 0 Å². The van der Waals surface area contributed by atoms with E-state index in [4.69, 9.17) is 0 Å². The molecule has 0 atom stereocenters. The molecule has 0 aliphatic rings. The summed E-state index contributed by atoms with van der Waals surface area (Å²) in [5, 5.41) is 2.26. The molecule has 0 fully saturated rings. The van der Waals surface area contributed by atoms with Gasteiger partial charge < -0.3 is 5.32 Å². The number of halogens is 6. The van der Waals surface area contributed by atoms with Gasteiger partial charge >= 0.3 is 12.4 Å². The maximum atomic E-state index is 12.9. The molecule has 4 nitrogen and oxygen atoms in total. The van der Waals surface area contributed by atoms with Gasteiger partial charge in [0.2, 0.25) is 0 Å². The van der Waals surface area contributed by atoms with Crippen molar-refractivity contribution >= 4 is 23.4 Å². The van der Waals surface area contributed by atoms with Crippen molar-refractivity contribution in [3.05, 3.63) is 77.6 Å². The number of para-hydroxylation sites is 1. The number of hydrogen-bond acceptors (Lipinski definition) is 4. The van der Waals surface area contributed by atoms with E-state index in [0.717, 1.165) is 36.2 Å². The molecule has 156 valence electrons. The minimum Gasteiger partial charge on any atom is -0.321 e. The second kappa shape index (κ2) is 8.34. The van der Waals surface area contributed by atoms with Gasteiger partial charge in [0, 0.05) is 16.7 Å². The van der Waals surface area contributed by atoms with E-state index in [1.165, 1.54) is 18.2 Å². The summed E-state index contributed by atoms with van der Waals surface area (Å²) in [5.41, 5.74) is -2.13. The van der Waals surface area contributed by atoms with Gasteiger partial charge in [0.15, 0.2) is 5.16 Å². The Labute approximate surface area is 170 Å². The summed E-state index contributed by atoms with van der Waals surface area (Å²) >= 11 is 0.772. The molecule has 2 aromatic carbocycles. The van der Waals surface area contributed by atoms with Crippen molar-refractivity contribution in [3.8, 4) is 0 Å². The van der Waals surface area contributed by atoms with Crippen LogP contribution >= 0.6 is 11.8 Å². The van der Waals surface area contributed by atoms with Crippen LogP contribution in [-0.4, -0.2) is 15.9 Å². The van der Waals surface area contributed by atoms with Crippen molar-refractivity contribution in [1.82, 2.24) is 9.97 Å². The fourth-order valence-electron chi connectivity index (χ4n) is 2.34. The van der Waals surface area contributed by atoms with Crippen LogP contribution in [-0.2, 0) is 12.4 Å². The average molecular weight is 443 g/mol. The molecule has 0 spiro atoms. The molecule has 0 unspecified atom stereocenters. The lowest BCUT2D eigenvalue weighted by Gasteiger charge is -2.12. The number of nitrogens with zero attached hydrogens (tertiary/aromatic N) is 2. The molecule has 0 aliphatic carbocycles. The predicted octanol–water partition coefficient (Wildman–Crippen LogP) is 5.92. The highest BCUT2D eigenvalue weighted by molar-refractivity contribution is 7.99. The van der Waals surface area contributed by atoms with Gasteiger partial charge in [-0.2, -0.15) is 26.3 Å². The normalized spacial score (nSPS) is 11.9. The lowest BCUT2D eigenvalue weighted by Crippen LogP contribution is -2.14. The van der Waals surface area contributed by atoms with Crippen LogP contribution < -0.4 is 5.32 Å². The summed E-state index contributed by atoms with van der Waals surface area (Å²) in [6, 6.07) is 10.7. The molecule has 11 heteroatoms. The van der Waals surface area contributed by atoms with Gasteiger partial charge in [-0.25, -0.2) is 9.97 Å². The zero-order chi connectivity index (χ0) is 21.9. The SMILES string of the molecule is O=C(Nc1ccccc1Sc1nccc(C(F)(F)F)n1)c1cccc(C(F)(F)F)c1. The van der Waals surface area contributed by atoms with Crippen LogP contribution in [0.2, 0.25) is 0 Å². The number of amides is 1. The second-order valence-electron chi connectivity index (χ2n) is 5.85. The highest BCUT2D eigenvalue weighted by Crippen LogP contribution is 2.34. The van der Waals surface area contributed by atoms with Gasteiger partial charge in [-0.1, -0.05) is 18.2 Å². The third-order valence-electron chi connectivity index (χ3n) is 3.71. The van der Waals surface area contributed by atoms with Crippen LogP contribution in [0.5, 0.6) is 0 Å². The highest BCUT2D eigenvalue weighted by Gasteiger charge is 2.33. The molecule has 3 aromatic rings. The molecule has 0 saturated heterocycles. The number of carbonyl (C=O) groups is 1. The molecule has 1 aromatic heterocycles. The van der Waals surface area contributed by atoms with E-state index in [9.17, 15) is 31.1 Å². The van der Waals surface area contributed by atoms with E-state index in [0.29, 0.717) is 11.0 Å². The minimum absolute atomic E-state index is 0.186. The summed E-state index contributed by atoms with van der Waals surface area (Å²) in [4.78, 5) is 20.0. The maximum Gasteiger partial charge on any atom is 0.433 e. The standard InChI is InChI=1S/C19H11F6N3OS/c20-18(21,22)12-5-3-4-11(10-12)16(29)27-13-6-1-2-7-14(13)30-17-26-9-8-15(28-17)19(23,24)25/h1-10H,(H,27,29). The Balaban J connectivity index is 1.84. The van der Waals surface area contributed by atoms with Gasteiger partial charge in [0.1, 0.15) is 5.69 Å². The first-order chi connectivity index (χ1) is 14.0. The van der Waals surface area contributed by atoms with Crippen LogP contribution in [0.1, 0.15) is 21.6 Å². The van der Waals surface area contributed by atoms with Crippen LogP contribution in [0.4, 0.5) is 32.0 Å². The molecule has 0 saturated carbocycles. The van der Waals surface area contributed by atoms with Gasteiger partial charge in [-0.3, -0.25) is 4.79 Å². The van der Waals surface area contributed by atoms with Crippen molar-refractivity contribution in [2.24, 2.45) is 0 Å². The van der Waals surface area contributed by atoms with Crippen LogP contribution in [0.25, 0.3) is 0 Å². The zero-order valence-corrected chi connectivity index (χ0v) is 15.6. The maximum absolute atomic E-state index is 12.9. The average Bonchev–Trinajstić information content (AvgIpc) is 2.68. The molecule has 0 radical (unpaired) electrons. The lowest BCUT2D eigenvalue weighted by molar-refractivity contribution is -0.141. The summed E-state index contributed by atoms with van der Waals surface area (Å²) in [5.74, 6) is -0.806. The first kappa shape index (κ1) is 21.6. The van der Waals surface area contributed by atoms with Crippen LogP contribution in [0, 0.1) is 0 Å². The molecular formula is C19H11F6N3OS. The number of carbonyl (C=O) groups excluding carboxylic acids is 1. The number of rotatable bonds is 4. The molecule has 0 bridgehead atoms. The number of nitrogens with one attached hydrogen (secondary N) is 1.